The van der Waals surface area contributed by atoms with Crippen molar-refractivity contribution < 1.29 is 0 Å². The van der Waals surface area contributed by atoms with Gasteiger partial charge in [-0.15, -0.1) is 0 Å². The maximum atomic E-state index is 4.00. The van der Waals surface area contributed by atoms with Gasteiger partial charge in [-0.05, 0) is 51.9 Å². The second-order valence-corrected chi connectivity index (χ2v) is 4.39. The van der Waals surface area contributed by atoms with Crippen LogP contribution in [0, 0.1) is 7.05 Å². The normalized spacial score (nSPS) is 20.6. The van der Waals surface area contributed by atoms with Gasteiger partial charge in [0.05, 0.1) is 0 Å². The van der Waals surface area contributed by atoms with E-state index in [1.165, 1.54) is 51.9 Å². The van der Waals surface area contributed by atoms with E-state index in [0.29, 0.717) is 0 Å². The molecule has 0 saturated carbocycles. The van der Waals surface area contributed by atoms with Crippen molar-refractivity contribution >= 4 is 0 Å². The minimum atomic E-state index is 0.827. The fourth-order valence-electron chi connectivity index (χ4n) is 2.34. The Bertz CT molecular complexity index is 133. The molecule has 14 heavy (non-hydrogen) atoms. The molecule has 1 radical (unpaired) electrons. The van der Waals surface area contributed by atoms with E-state index in [0.717, 1.165) is 6.04 Å². The standard InChI is InChI=1S/C12H25N2/c1-4-8-14(9-5-2)12-6-10-13(3)11-7-12/h12H,3-11H2,1-2H3. The van der Waals surface area contributed by atoms with Gasteiger partial charge in [0.1, 0.15) is 0 Å². The second-order valence-electron chi connectivity index (χ2n) is 4.39. The van der Waals surface area contributed by atoms with Crippen molar-refractivity contribution in [3.63, 3.8) is 0 Å². The Kier molecular flexibility index (Phi) is 5.49. The van der Waals surface area contributed by atoms with Gasteiger partial charge in [-0.2, -0.15) is 0 Å². The van der Waals surface area contributed by atoms with Crippen molar-refractivity contribution in [2.24, 2.45) is 0 Å². The van der Waals surface area contributed by atoms with Crippen LogP contribution in [0.1, 0.15) is 39.5 Å². The van der Waals surface area contributed by atoms with Crippen LogP contribution in [0.25, 0.3) is 0 Å². The molecule has 0 unspecified atom stereocenters. The average molecular weight is 197 g/mol. The van der Waals surface area contributed by atoms with E-state index in [9.17, 15) is 0 Å². The lowest BCUT2D eigenvalue weighted by Crippen LogP contribution is -2.43. The van der Waals surface area contributed by atoms with Crippen LogP contribution in [0.3, 0.4) is 0 Å². The third-order valence-electron chi connectivity index (χ3n) is 3.10. The summed E-state index contributed by atoms with van der Waals surface area (Å²) in [4.78, 5) is 4.87. The molecule has 0 aromatic rings. The molecule has 1 aliphatic heterocycles. The van der Waals surface area contributed by atoms with E-state index in [1.54, 1.807) is 0 Å². The fraction of sp³-hybridized carbons (Fsp3) is 0.917. The molecule has 0 atom stereocenters. The topological polar surface area (TPSA) is 6.48 Å². The van der Waals surface area contributed by atoms with Gasteiger partial charge in [0.15, 0.2) is 0 Å². The Morgan fingerprint density at radius 3 is 2.07 bits per heavy atom. The highest BCUT2D eigenvalue weighted by atomic mass is 15.2. The van der Waals surface area contributed by atoms with Gasteiger partial charge in [0, 0.05) is 13.1 Å². The van der Waals surface area contributed by atoms with Gasteiger partial charge in [-0.3, -0.25) is 0 Å². The summed E-state index contributed by atoms with van der Waals surface area (Å²) >= 11 is 0. The lowest BCUT2D eigenvalue weighted by Gasteiger charge is -2.37. The maximum absolute atomic E-state index is 4.00. The zero-order valence-electron chi connectivity index (χ0n) is 9.84. The molecule has 0 aromatic heterocycles. The number of nitrogens with zero attached hydrogens (tertiary/aromatic N) is 2. The third kappa shape index (κ3) is 3.58. The lowest BCUT2D eigenvalue weighted by atomic mass is 10.0. The van der Waals surface area contributed by atoms with Crippen LogP contribution in [0.2, 0.25) is 0 Å². The van der Waals surface area contributed by atoms with Gasteiger partial charge in [0.25, 0.3) is 0 Å². The monoisotopic (exact) mass is 197 g/mol. The van der Waals surface area contributed by atoms with E-state index < -0.39 is 0 Å². The summed E-state index contributed by atoms with van der Waals surface area (Å²) in [7, 11) is 4.00. The Balaban J connectivity index is 2.34. The molecule has 0 N–H and O–H groups in total. The Labute approximate surface area is 89.3 Å². The Morgan fingerprint density at radius 1 is 1.14 bits per heavy atom. The van der Waals surface area contributed by atoms with E-state index in [4.69, 9.17) is 0 Å². The number of piperidine rings is 1. The molecular weight excluding hydrogens is 172 g/mol. The molecule has 2 heteroatoms. The van der Waals surface area contributed by atoms with Crippen LogP contribution in [0.5, 0.6) is 0 Å². The number of hydrogen-bond acceptors (Lipinski definition) is 2. The molecule has 2 nitrogen and oxygen atoms in total. The van der Waals surface area contributed by atoms with E-state index in [-0.39, 0.29) is 0 Å². The fourth-order valence-corrected chi connectivity index (χ4v) is 2.34. The molecule has 1 fully saturated rings. The molecule has 0 spiro atoms. The summed E-state index contributed by atoms with van der Waals surface area (Å²) in [6.07, 6.45) is 5.18. The van der Waals surface area contributed by atoms with Crippen molar-refractivity contribution in [3.8, 4) is 0 Å². The Morgan fingerprint density at radius 2 is 1.64 bits per heavy atom. The minimum absolute atomic E-state index is 0.827. The number of likely N-dealkylation sites (tertiary alicyclic amines) is 1. The lowest BCUT2D eigenvalue weighted by molar-refractivity contribution is 0.127. The SMILES string of the molecule is [CH2]N1CCC(N(CCC)CCC)CC1. The first-order valence-electron chi connectivity index (χ1n) is 6.07. The number of hydrogen-bond donors (Lipinski definition) is 0. The summed E-state index contributed by atoms with van der Waals surface area (Å²) < 4.78 is 0. The second kappa shape index (κ2) is 6.41. The summed E-state index contributed by atoms with van der Waals surface area (Å²) in [6, 6.07) is 0.827. The van der Waals surface area contributed by atoms with Crippen molar-refractivity contribution in [3.05, 3.63) is 7.05 Å². The molecule has 1 aliphatic rings. The van der Waals surface area contributed by atoms with E-state index >= 15 is 0 Å². The molecule has 0 aliphatic carbocycles. The van der Waals surface area contributed by atoms with Crippen LogP contribution >= 0.6 is 0 Å². The molecule has 0 bridgehead atoms. The predicted octanol–water partition coefficient (Wildman–Crippen LogP) is 2.36. The number of rotatable bonds is 5. The van der Waals surface area contributed by atoms with Gasteiger partial charge >= 0.3 is 0 Å². The molecule has 0 aromatic carbocycles. The van der Waals surface area contributed by atoms with Gasteiger partial charge < -0.3 is 9.80 Å². The summed E-state index contributed by atoms with van der Waals surface area (Å²) in [5.41, 5.74) is 0. The summed E-state index contributed by atoms with van der Waals surface area (Å²) in [5, 5.41) is 0. The van der Waals surface area contributed by atoms with Crippen LogP contribution in [-0.2, 0) is 0 Å². The van der Waals surface area contributed by atoms with Crippen LogP contribution < -0.4 is 0 Å². The first kappa shape index (κ1) is 12.0. The first-order chi connectivity index (χ1) is 6.77. The van der Waals surface area contributed by atoms with Crippen LogP contribution in [-0.4, -0.2) is 42.0 Å². The van der Waals surface area contributed by atoms with Crippen molar-refractivity contribution in [1.29, 1.82) is 0 Å². The Hall–Kier alpha value is -0.0800. The van der Waals surface area contributed by atoms with Gasteiger partial charge in [-0.25, -0.2) is 0 Å². The zero-order chi connectivity index (χ0) is 10.4. The first-order valence-corrected chi connectivity index (χ1v) is 6.07. The largest absolute Gasteiger partial charge is 0.302 e. The summed E-state index contributed by atoms with van der Waals surface area (Å²) in [6.45, 7) is 9.45. The van der Waals surface area contributed by atoms with Gasteiger partial charge in [-0.1, -0.05) is 13.8 Å². The highest BCUT2D eigenvalue weighted by Crippen LogP contribution is 2.16. The molecule has 0 amide bonds. The van der Waals surface area contributed by atoms with E-state index in [2.05, 4.69) is 30.7 Å². The average Bonchev–Trinajstić information content (AvgIpc) is 2.19. The molecule has 1 saturated heterocycles. The van der Waals surface area contributed by atoms with Crippen LogP contribution in [0.4, 0.5) is 0 Å². The summed E-state index contributed by atoms with van der Waals surface area (Å²) in [5.74, 6) is 0. The predicted molar refractivity (Wildman–Crippen MR) is 62.1 cm³/mol. The zero-order valence-corrected chi connectivity index (χ0v) is 9.84. The van der Waals surface area contributed by atoms with Crippen molar-refractivity contribution in [1.82, 2.24) is 9.80 Å². The third-order valence-corrected chi connectivity index (χ3v) is 3.10. The van der Waals surface area contributed by atoms with Crippen molar-refractivity contribution in [2.45, 2.75) is 45.6 Å². The molecule has 83 valence electrons. The quantitative estimate of drug-likeness (QED) is 0.667. The molecular formula is C12H25N2. The smallest absolute Gasteiger partial charge is 0.0120 e. The highest BCUT2D eigenvalue weighted by molar-refractivity contribution is 4.79. The van der Waals surface area contributed by atoms with Gasteiger partial charge in [0.2, 0.25) is 0 Å². The highest BCUT2D eigenvalue weighted by Gasteiger charge is 2.21. The maximum Gasteiger partial charge on any atom is 0.0120 e. The van der Waals surface area contributed by atoms with E-state index in [1.807, 2.05) is 0 Å². The van der Waals surface area contributed by atoms with Crippen molar-refractivity contribution in [2.75, 3.05) is 26.2 Å². The molecule has 1 heterocycles. The van der Waals surface area contributed by atoms with Crippen LogP contribution in [0.15, 0.2) is 0 Å². The molecule has 1 rings (SSSR count). The minimum Gasteiger partial charge on any atom is -0.302 e.